The summed E-state index contributed by atoms with van der Waals surface area (Å²) in [4.78, 5) is 0. The SMILES string of the molecule is [CH3][Hf]([CH3])([CH]1C=Cc2cc3c(cc21)CCC3)[CH]1C=Cc2c1ccc1ccccc21. The molecular formula is C27H26Hf. The maximum atomic E-state index is 2.68. The molecule has 2 atom stereocenters. The number of benzene rings is 3. The van der Waals surface area contributed by atoms with Crippen LogP contribution in [-0.2, 0) is 32.8 Å². The number of allylic oxidation sites excluding steroid dienone is 2. The molecule has 3 aromatic carbocycles. The quantitative estimate of drug-likeness (QED) is 0.304. The Morgan fingerprint density at radius 3 is 2.43 bits per heavy atom. The van der Waals surface area contributed by atoms with Gasteiger partial charge in [0.25, 0.3) is 0 Å². The number of fused-ring (bicyclic) bond motifs is 5. The Labute approximate surface area is 172 Å². The van der Waals surface area contributed by atoms with Crippen LogP contribution in [0.15, 0.2) is 60.7 Å². The van der Waals surface area contributed by atoms with Crippen LogP contribution in [0.2, 0.25) is 9.36 Å². The van der Waals surface area contributed by atoms with Gasteiger partial charge in [-0.05, 0) is 0 Å². The molecule has 3 aliphatic rings. The van der Waals surface area contributed by atoms with E-state index in [1.165, 1.54) is 41.2 Å². The topological polar surface area (TPSA) is 0 Å². The molecule has 6 rings (SSSR count). The number of rotatable bonds is 2. The Morgan fingerprint density at radius 1 is 0.786 bits per heavy atom. The van der Waals surface area contributed by atoms with E-state index in [2.05, 4.69) is 82.2 Å². The first kappa shape index (κ1) is 17.2. The Bertz CT molecular complexity index is 1180. The Balaban J connectivity index is 1.44. The number of hydrogen-bond donors (Lipinski definition) is 0. The number of hydrogen-bond acceptors (Lipinski definition) is 0. The molecule has 0 radical (unpaired) electrons. The Morgan fingerprint density at radius 2 is 1.54 bits per heavy atom. The van der Waals surface area contributed by atoms with Crippen molar-refractivity contribution in [3.05, 3.63) is 94.1 Å². The molecule has 0 spiro atoms. The third-order valence-corrected chi connectivity index (χ3v) is 22.6. The fourth-order valence-electron chi connectivity index (χ4n) is 5.94. The molecular weight excluding hydrogens is 503 g/mol. The van der Waals surface area contributed by atoms with Gasteiger partial charge in [-0.25, -0.2) is 0 Å². The molecule has 0 saturated heterocycles. The van der Waals surface area contributed by atoms with Crippen molar-refractivity contribution >= 4 is 22.9 Å². The van der Waals surface area contributed by atoms with Crippen molar-refractivity contribution in [2.45, 2.75) is 36.0 Å². The van der Waals surface area contributed by atoms with Crippen LogP contribution >= 0.6 is 0 Å². The fraction of sp³-hybridized carbons (Fsp3) is 0.259. The van der Waals surface area contributed by atoms with Gasteiger partial charge in [0.1, 0.15) is 0 Å². The molecule has 0 fully saturated rings. The van der Waals surface area contributed by atoms with Crippen molar-refractivity contribution in [1.82, 2.24) is 0 Å². The second-order valence-corrected chi connectivity index (χ2v) is 26.9. The van der Waals surface area contributed by atoms with E-state index in [1.807, 2.05) is 0 Å². The van der Waals surface area contributed by atoms with E-state index in [-0.39, 0.29) is 0 Å². The zero-order valence-corrected chi connectivity index (χ0v) is 20.3. The van der Waals surface area contributed by atoms with Gasteiger partial charge in [0.05, 0.1) is 0 Å². The molecule has 1 heteroatoms. The van der Waals surface area contributed by atoms with Gasteiger partial charge in [0.15, 0.2) is 0 Å². The van der Waals surface area contributed by atoms with Crippen LogP contribution in [-0.4, -0.2) is 0 Å². The van der Waals surface area contributed by atoms with Gasteiger partial charge in [-0.1, -0.05) is 0 Å². The van der Waals surface area contributed by atoms with Gasteiger partial charge in [-0.3, -0.25) is 0 Å². The normalized spacial score (nSPS) is 21.9. The Hall–Kier alpha value is -1.73. The first-order valence-electron chi connectivity index (χ1n) is 10.7. The summed E-state index contributed by atoms with van der Waals surface area (Å²) in [7, 11) is 0. The third kappa shape index (κ3) is 2.38. The van der Waals surface area contributed by atoms with Crippen molar-refractivity contribution in [2.24, 2.45) is 0 Å². The van der Waals surface area contributed by atoms with Gasteiger partial charge < -0.3 is 0 Å². The molecule has 3 aromatic rings. The first-order valence-corrected chi connectivity index (χ1v) is 22.0. The summed E-state index contributed by atoms with van der Waals surface area (Å²) >= 11 is -2.70. The van der Waals surface area contributed by atoms with E-state index in [1.54, 1.807) is 22.3 Å². The predicted molar refractivity (Wildman–Crippen MR) is 118 cm³/mol. The van der Waals surface area contributed by atoms with Crippen LogP contribution < -0.4 is 0 Å². The standard InChI is InChI=1S/C13H9.C12H11.2CH3.Hf/c1-2-6-12-10(4-1)8-9-11-5-3-7-13(11)12;1-3-9-7-11-5-2-6-12(11)8-10(9)4-1;;;/h1-9H;1,3-4,7-8H,2,5-6H2;2*1H3;. The molecule has 28 heavy (non-hydrogen) atoms. The van der Waals surface area contributed by atoms with Gasteiger partial charge in [-0.15, -0.1) is 0 Å². The number of aryl methyl sites for hydroxylation is 2. The summed E-state index contributed by atoms with van der Waals surface area (Å²) in [5, 5.41) is 2.78. The molecule has 0 saturated carbocycles. The average Bonchev–Trinajstić information content (AvgIpc) is 3.43. The van der Waals surface area contributed by atoms with Crippen molar-refractivity contribution < 1.29 is 20.0 Å². The summed E-state index contributed by atoms with van der Waals surface area (Å²) in [5.74, 6) is 0. The second kappa shape index (κ2) is 6.13. The fourth-order valence-corrected chi connectivity index (χ4v) is 19.1. The van der Waals surface area contributed by atoms with Crippen LogP contribution in [0.4, 0.5) is 0 Å². The summed E-state index contributed by atoms with van der Waals surface area (Å²) < 4.78 is 6.73. The zero-order valence-electron chi connectivity index (χ0n) is 16.7. The van der Waals surface area contributed by atoms with E-state index >= 15 is 0 Å². The molecule has 0 aromatic heterocycles. The zero-order chi connectivity index (χ0) is 18.9. The first-order chi connectivity index (χ1) is 13.6. The van der Waals surface area contributed by atoms with Crippen molar-refractivity contribution in [1.29, 1.82) is 0 Å². The van der Waals surface area contributed by atoms with Gasteiger partial charge in [0.2, 0.25) is 0 Å². The second-order valence-electron chi connectivity index (χ2n) is 9.39. The molecule has 2 unspecified atom stereocenters. The van der Waals surface area contributed by atoms with Gasteiger partial charge >= 0.3 is 173 Å². The van der Waals surface area contributed by atoms with Crippen molar-refractivity contribution in [2.75, 3.05) is 0 Å². The third-order valence-electron chi connectivity index (χ3n) is 7.50. The average molecular weight is 529 g/mol. The van der Waals surface area contributed by atoms with E-state index < -0.39 is 20.0 Å². The summed E-state index contributed by atoms with van der Waals surface area (Å²) in [5.41, 5.74) is 9.47. The van der Waals surface area contributed by atoms with Crippen LogP contribution in [0.25, 0.3) is 22.9 Å². The molecule has 0 nitrogen and oxygen atoms in total. The molecule has 0 N–H and O–H groups in total. The van der Waals surface area contributed by atoms with Crippen LogP contribution in [0.3, 0.4) is 0 Å². The van der Waals surface area contributed by atoms with Crippen LogP contribution in [0.1, 0.15) is 47.2 Å². The molecule has 0 bridgehead atoms. The molecule has 138 valence electrons. The Kier molecular flexibility index (Phi) is 3.76. The summed E-state index contributed by atoms with van der Waals surface area (Å²) in [6.07, 6.45) is 13.9. The maximum absolute atomic E-state index is 2.70. The van der Waals surface area contributed by atoms with Crippen molar-refractivity contribution in [3.8, 4) is 0 Å². The van der Waals surface area contributed by atoms with E-state index in [4.69, 9.17) is 0 Å². The molecule has 0 aliphatic heterocycles. The van der Waals surface area contributed by atoms with Crippen molar-refractivity contribution in [3.63, 3.8) is 0 Å². The molecule has 0 heterocycles. The summed E-state index contributed by atoms with van der Waals surface area (Å²) in [6.45, 7) is 0. The van der Waals surface area contributed by atoms with Gasteiger partial charge in [-0.2, -0.15) is 0 Å². The minimum atomic E-state index is -2.70. The van der Waals surface area contributed by atoms with Crippen LogP contribution in [0, 0.1) is 0 Å². The summed E-state index contributed by atoms with van der Waals surface area (Å²) in [6, 6.07) is 18.7. The van der Waals surface area contributed by atoms with E-state index in [9.17, 15) is 0 Å². The predicted octanol–water partition coefficient (Wildman–Crippen LogP) is 7.41. The van der Waals surface area contributed by atoms with E-state index in [0.29, 0.717) is 7.35 Å². The monoisotopic (exact) mass is 530 g/mol. The van der Waals surface area contributed by atoms with Crippen LogP contribution in [0.5, 0.6) is 0 Å². The molecule has 0 amide bonds. The minimum absolute atomic E-state index is 0.668. The molecule has 3 aliphatic carbocycles. The van der Waals surface area contributed by atoms with Gasteiger partial charge in [0, 0.05) is 0 Å². The van der Waals surface area contributed by atoms with E-state index in [0.717, 1.165) is 0 Å².